The van der Waals surface area contributed by atoms with Crippen LogP contribution < -0.4 is 10.4 Å². The molecule has 2 aromatic rings. The molecule has 2 aromatic carbocycles. The Kier molecular flexibility index (Phi) is 3.53. The summed E-state index contributed by atoms with van der Waals surface area (Å²) in [7, 11) is 0. The van der Waals surface area contributed by atoms with Gasteiger partial charge in [-0.25, -0.2) is 0 Å². The third kappa shape index (κ3) is 2.55. The Morgan fingerprint density at radius 2 is 1.92 bits per heavy atom. The second-order valence-electron chi connectivity index (χ2n) is 6.41. The number of hydrogen-bond donors (Lipinski definition) is 1. The molecule has 1 aliphatic heterocycles. The highest BCUT2D eigenvalue weighted by Crippen LogP contribution is 2.49. The van der Waals surface area contributed by atoms with Crippen molar-refractivity contribution in [3.63, 3.8) is 0 Å². The van der Waals surface area contributed by atoms with Gasteiger partial charge in [-0.3, -0.25) is 10.1 Å². The SMILES string of the molecule is O=C([O-])c1ccc2c(c1)C1C=CCC1C(c1ccc([N+](=O)[O-])cc1)N2. The number of carboxylic acid groups (broad SMARTS) is 1. The standard InChI is InChI=1S/C19H16N2O4/c22-19(23)12-6-9-17-16(10-12)14-2-1-3-15(14)18(20-17)11-4-7-13(8-5-11)21(24)25/h1-2,4-10,14-15,18,20H,3H2,(H,22,23)/p-1. The average molecular weight is 335 g/mol. The van der Waals surface area contributed by atoms with Crippen LogP contribution in [0, 0.1) is 16.0 Å². The summed E-state index contributed by atoms with van der Waals surface area (Å²) in [6.45, 7) is 0. The number of nitro groups is 1. The summed E-state index contributed by atoms with van der Waals surface area (Å²) < 4.78 is 0. The molecule has 0 bridgehead atoms. The Morgan fingerprint density at radius 3 is 2.60 bits per heavy atom. The summed E-state index contributed by atoms with van der Waals surface area (Å²) in [5, 5.41) is 25.5. The normalized spacial score (nSPS) is 23.4. The molecule has 6 nitrogen and oxygen atoms in total. The Labute approximate surface area is 144 Å². The van der Waals surface area contributed by atoms with E-state index in [1.165, 1.54) is 18.2 Å². The zero-order valence-electron chi connectivity index (χ0n) is 13.2. The lowest BCUT2D eigenvalue weighted by Gasteiger charge is -2.37. The molecule has 25 heavy (non-hydrogen) atoms. The van der Waals surface area contributed by atoms with E-state index in [1.807, 2.05) is 0 Å². The summed E-state index contributed by atoms with van der Waals surface area (Å²) in [6, 6.07) is 11.6. The lowest BCUT2D eigenvalue weighted by Crippen LogP contribution is -2.30. The molecule has 0 aromatic heterocycles. The van der Waals surface area contributed by atoms with E-state index in [-0.39, 0.29) is 29.1 Å². The highest BCUT2D eigenvalue weighted by atomic mass is 16.6. The fraction of sp³-hybridized carbons (Fsp3) is 0.211. The summed E-state index contributed by atoms with van der Waals surface area (Å²) in [5.74, 6) is -0.819. The number of carbonyl (C=O) groups is 1. The monoisotopic (exact) mass is 335 g/mol. The number of nitro benzene ring substituents is 1. The number of carboxylic acids is 1. The highest BCUT2D eigenvalue weighted by molar-refractivity contribution is 5.87. The predicted molar refractivity (Wildman–Crippen MR) is 90.2 cm³/mol. The number of anilines is 1. The molecule has 0 spiro atoms. The number of hydrogen-bond acceptors (Lipinski definition) is 5. The second-order valence-corrected chi connectivity index (χ2v) is 6.41. The van der Waals surface area contributed by atoms with E-state index in [0.29, 0.717) is 0 Å². The molecule has 1 heterocycles. The molecular formula is C19H15N2O4-. The number of allylic oxidation sites excluding steroid dienone is 2. The van der Waals surface area contributed by atoms with E-state index in [2.05, 4.69) is 17.5 Å². The van der Waals surface area contributed by atoms with Crippen LogP contribution in [0.3, 0.4) is 0 Å². The maximum atomic E-state index is 11.1. The van der Waals surface area contributed by atoms with Gasteiger partial charge in [0, 0.05) is 23.7 Å². The van der Waals surface area contributed by atoms with Crippen LogP contribution in [0.4, 0.5) is 11.4 Å². The molecular weight excluding hydrogens is 320 g/mol. The molecule has 3 unspecified atom stereocenters. The minimum Gasteiger partial charge on any atom is -0.545 e. The fourth-order valence-corrected chi connectivity index (χ4v) is 3.85. The van der Waals surface area contributed by atoms with E-state index in [0.717, 1.165) is 23.2 Å². The van der Waals surface area contributed by atoms with Gasteiger partial charge < -0.3 is 15.2 Å². The van der Waals surface area contributed by atoms with Gasteiger partial charge in [-0.1, -0.05) is 30.4 Å². The molecule has 1 N–H and O–H groups in total. The van der Waals surface area contributed by atoms with E-state index >= 15 is 0 Å². The third-order valence-corrected chi connectivity index (χ3v) is 5.06. The molecule has 4 rings (SSSR count). The molecule has 0 saturated heterocycles. The molecule has 6 heteroatoms. The Balaban J connectivity index is 1.72. The molecule has 0 radical (unpaired) electrons. The lowest BCUT2D eigenvalue weighted by atomic mass is 9.76. The smallest absolute Gasteiger partial charge is 0.269 e. The molecule has 0 fully saturated rings. The lowest BCUT2D eigenvalue weighted by molar-refractivity contribution is -0.384. The van der Waals surface area contributed by atoms with E-state index in [4.69, 9.17) is 0 Å². The topological polar surface area (TPSA) is 95.3 Å². The number of nitrogens with one attached hydrogen (secondary N) is 1. The first-order valence-electron chi connectivity index (χ1n) is 8.07. The Bertz CT molecular complexity index is 889. The quantitative estimate of drug-likeness (QED) is 0.529. The maximum absolute atomic E-state index is 11.1. The first-order chi connectivity index (χ1) is 12.0. The van der Waals surface area contributed by atoms with Crippen molar-refractivity contribution in [3.8, 4) is 0 Å². The van der Waals surface area contributed by atoms with Gasteiger partial charge in [0.2, 0.25) is 0 Å². The molecule has 2 aliphatic rings. The Morgan fingerprint density at radius 1 is 1.16 bits per heavy atom. The van der Waals surface area contributed by atoms with Crippen LogP contribution in [0.5, 0.6) is 0 Å². The third-order valence-electron chi connectivity index (χ3n) is 5.06. The van der Waals surface area contributed by atoms with E-state index < -0.39 is 10.9 Å². The van der Waals surface area contributed by atoms with Gasteiger partial charge in [-0.15, -0.1) is 0 Å². The van der Waals surface area contributed by atoms with Crippen LogP contribution in [0.1, 0.15) is 39.9 Å². The number of aromatic carboxylic acids is 1. The number of fused-ring (bicyclic) bond motifs is 3. The summed E-state index contributed by atoms with van der Waals surface area (Å²) in [6.07, 6.45) is 5.09. The van der Waals surface area contributed by atoms with Crippen molar-refractivity contribution in [2.45, 2.75) is 18.4 Å². The molecule has 3 atom stereocenters. The van der Waals surface area contributed by atoms with Crippen LogP contribution in [0.15, 0.2) is 54.6 Å². The minimum atomic E-state index is -1.18. The first-order valence-corrected chi connectivity index (χ1v) is 8.07. The number of benzene rings is 2. The van der Waals surface area contributed by atoms with Crippen LogP contribution in [-0.2, 0) is 0 Å². The predicted octanol–water partition coefficient (Wildman–Crippen LogP) is 2.78. The van der Waals surface area contributed by atoms with Crippen molar-refractivity contribution in [2.75, 3.05) is 5.32 Å². The average Bonchev–Trinajstić information content (AvgIpc) is 3.10. The largest absolute Gasteiger partial charge is 0.545 e. The number of nitrogens with zero attached hydrogens (tertiary/aromatic N) is 1. The van der Waals surface area contributed by atoms with Gasteiger partial charge >= 0.3 is 0 Å². The van der Waals surface area contributed by atoms with Gasteiger partial charge in [0.15, 0.2) is 0 Å². The van der Waals surface area contributed by atoms with Gasteiger partial charge in [0.25, 0.3) is 5.69 Å². The van der Waals surface area contributed by atoms with Crippen LogP contribution >= 0.6 is 0 Å². The number of non-ortho nitro benzene ring substituents is 1. The zero-order chi connectivity index (χ0) is 17.6. The minimum absolute atomic E-state index is 0.0158. The summed E-state index contributed by atoms with van der Waals surface area (Å²) in [5.41, 5.74) is 3.08. The fourth-order valence-electron chi connectivity index (χ4n) is 3.85. The van der Waals surface area contributed by atoms with Crippen LogP contribution in [0.25, 0.3) is 0 Å². The van der Waals surface area contributed by atoms with Crippen LogP contribution in [-0.4, -0.2) is 10.9 Å². The Hall–Kier alpha value is -3.15. The number of rotatable bonds is 3. The van der Waals surface area contributed by atoms with Crippen molar-refractivity contribution in [2.24, 2.45) is 5.92 Å². The first kappa shape index (κ1) is 15.4. The van der Waals surface area contributed by atoms with Gasteiger partial charge in [0.1, 0.15) is 0 Å². The van der Waals surface area contributed by atoms with Gasteiger partial charge in [-0.05, 0) is 41.2 Å². The van der Waals surface area contributed by atoms with Gasteiger partial charge in [-0.2, -0.15) is 0 Å². The summed E-state index contributed by atoms with van der Waals surface area (Å²) >= 11 is 0. The second kappa shape index (κ2) is 5.73. The van der Waals surface area contributed by atoms with Crippen molar-refractivity contribution in [3.05, 3.63) is 81.4 Å². The van der Waals surface area contributed by atoms with Crippen LogP contribution in [0.2, 0.25) is 0 Å². The highest BCUT2D eigenvalue weighted by Gasteiger charge is 2.38. The molecule has 0 saturated carbocycles. The molecule has 0 amide bonds. The van der Waals surface area contributed by atoms with E-state index in [1.54, 1.807) is 24.3 Å². The molecule has 1 aliphatic carbocycles. The van der Waals surface area contributed by atoms with Gasteiger partial charge in [0.05, 0.1) is 16.9 Å². The summed E-state index contributed by atoms with van der Waals surface area (Å²) in [4.78, 5) is 21.6. The maximum Gasteiger partial charge on any atom is 0.269 e. The molecule has 126 valence electrons. The van der Waals surface area contributed by atoms with Crippen molar-refractivity contribution in [1.82, 2.24) is 0 Å². The van der Waals surface area contributed by atoms with Crippen molar-refractivity contribution in [1.29, 1.82) is 0 Å². The van der Waals surface area contributed by atoms with Crippen molar-refractivity contribution < 1.29 is 14.8 Å². The zero-order valence-corrected chi connectivity index (χ0v) is 13.2. The van der Waals surface area contributed by atoms with E-state index in [9.17, 15) is 20.0 Å². The van der Waals surface area contributed by atoms with Crippen molar-refractivity contribution >= 4 is 17.3 Å². The number of carbonyl (C=O) groups excluding carboxylic acids is 1.